The molecule has 0 aromatic heterocycles. The molecule has 3 aromatic carbocycles. The van der Waals surface area contributed by atoms with E-state index < -0.39 is 12.0 Å². The third-order valence-electron chi connectivity index (χ3n) is 4.44. The van der Waals surface area contributed by atoms with Gasteiger partial charge in [0.25, 0.3) is 0 Å². The topological polar surface area (TPSA) is 78.5 Å². The molecule has 0 saturated heterocycles. The van der Waals surface area contributed by atoms with Gasteiger partial charge in [-0.1, -0.05) is 72.8 Å². The van der Waals surface area contributed by atoms with E-state index in [1.54, 1.807) is 24.3 Å². The maximum absolute atomic E-state index is 12.2. The van der Waals surface area contributed by atoms with Crippen LogP contribution in [0.5, 0.6) is 5.75 Å². The van der Waals surface area contributed by atoms with E-state index in [0.717, 1.165) is 16.7 Å². The van der Waals surface area contributed by atoms with Gasteiger partial charge in [0.2, 0.25) is 5.91 Å². The molecule has 0 aliphatic heterocycles. The second kappa shape index (κ2) is 12.2. The molecule has 0 radical (unpaired) electrons. The zero-order valence-corrected chi connectivity index (χ0v) is 18.9. The fraction of sp³-hybridized carbons (Fsp3) is 0.167. The normalized spacial score (nSPS) is 11.1. The minimum atomic E-state index is -1.31. The van der Waals surface area contributed by atoms with E-state index in [1.807, 2.05) is 60.7 Å². The smallest absolute Gasteiger partial charge is 0.548 e. The van der Waals surface area contributed by atoms with Crippen LogP contribution in [0.3, 0.4) is 0 Å². The van der Waals surface area contributed by atoms with E-state index in [-0.39, 0.29) is 48.3 Å². The number of amides is 1. The summed E-state index contributed by atoms with van der Waals surface area (Å²) in [6, 6.07) is 25.1. The number of hydrogen-bond acceptors (Lipinski definition) is 4. The molecule has 0 unspecified atom stereocenters. The average molecular weight is 411 g/mol. The Morgan fingerprint density at radius 1 is 0.800 bits per heavy atom. The Morgan fingerprint density at radius 3 is 1.93 bits per heavy atom. The second-order valence-corrected chi connectivity index (χ2v) is 6.72. The molecule has 3 rings (SSSR count). The molecule has 0 aliphatic rings. The maximum Gasteiger partial charge on any atom is 1.00 e. The molecule has 0 bridgehead atoms. The first-order chi connectivity index (χ1) is 14.1. The van der Waals surface area contributed by atoms with Crippen LogP contribution in [-0.2, 0) is 29.0 Å². The minimum Gasteiger partial charge on any atom is -0.548 e. The van der Waals surface area contributed by atoms with Crippen molar-refractivity contribution in [2.45, 2.75) is 25.5 Å². The number of carboxylic acid groups (broad SMARTS) is 1. The minimum absolute atomic E-state index is 0. The number of rotatable bonds is 9. The predicted octanol–water partition coefficient (Wildman–Crippen LogP) is -0.710. The predicted molar refractivity (Wildman–Crippen MR) is 108 cm³/mol. The summed E-state index contributed by atoms with van der Waals surface area (Å²) in [4.78, 5) is 23.6. The van der Waals surface area contributed by atoms with E-state index in [1.165, 1.54) is 0 Å². The van der Waals surface area contributed by atoms with Crippen LogP contribution >= 0.6 is 0 Å². The van der Waals surface area contributed by atoms with Gasteiger partial charge >= 0.3 is 29.6 Å². The van der Waals surface area contributed by atoms with Crippen LogP contribution < -0.4 is 44.7 Å². The summed E-state index contributed by atoms with van der Waals surface area (Å²) in [5, 5.41) is 14.0. The van der Waals surface area contributed by atoms with Gasteiger partial charge in [0, 0.05) is 0 Å². The molecule has 0 fully saturated rings. The summed E-state index contributed by atoms with van der Waals surface area (Å²) in [6.07, 6.45) is 0.263. The fourth-order valence-electron chi connectivity index (χ4n) is 2.92. The number of hydrogen-bond donors (Lipinski definition) is 1. The molecule has 30 heavy (non-hydrogen) atoms. The Balaban J connectivity index is 0.00000320. The van der Waals surface area contributed by atoms with E-state index in [2.05, 4.69) is 5.32 Å². The zero-order valence-electron chi connectivity index (χ0n) is 16.9. The Hall–Kier alpha value is -2.60. The van der Waals surface area contributed by atoms with Gasteiger partial charge in [-0.25, -0.2) is 0 Å². The van der Waals surface area contributed by atoms with Gasteiger partial charge in [-0.2, -0.15) is 0 Å². The van der Waals surface area contributed by atoms with Crippen molar-refractivity contribution in [3.63, 3.8) is 0 Å². The van der Waals surface area contributed by atoms with Gasteiger partial charge < -0.3 is 20.0 Å². The molecule has 0 aliphatic carbocycles. The summed E-state index contributed by atoms with van der Waals surface area (Å²) in [5.74, 6) is -0.972. The van der Waals surface area contributed by atoms with Crippen LogP contribution in [0.1, 0.15) is 16.7 Å². The Morgan fingerprint density at radius 2 is 1.37 bits per heavy atom. The van der Waals surface area contributed by atoms with Crippen molar-refractivity contribution in [2.75, 3.05) is 0 Å². The second-order valence-electron chi connectivity index (χ2n) is 6.72. The molecule has 3 aromatic rings. The first kappa shape index (κ1) is 23.7. The number of benzene rings is 3. The first-order valence-electron chi connectivity index (χ1n) is 9.40. The van der Waals surface area contributed by atoms with Crippen molar-refractivity contribution < 1.29 is 49.0 Å². The summed E-state index contributed by atoms with van der Waals surface area (Å²) in [7, 11) is 0. The van der Waals surface area contributed by atoms with Crippen LogP contribution in [0, 0.1) is 0 Å². The third-order valence-corrected chi connectivity index (χ3v) is 4.44. The standard InChI is InChI=1S/C24H23NO4.Na/c26-23(16-18-7-3-1-4-8-18)25-22(24(27)28)15-19-11-13-21(14-12-19)29-17-20-9-5-2-6-10-20;/h1-14,22H,15-17H2,(H,25,26)(H,27,28);/q;+1/p-1/t22-;/m0./s1. The van der Waals surface area contributed by atoms with E-state index in [4.69, 9.17) is 4.74 Å². The molecule has 0 spiro atoms. The maximum atomic E-state index is 12.2. The quantitative estimate of drug-likeness (QED) is 0.472. The van der Waals surface area contributed by atoms with Gasteiger partial charge in [0.1, 0.15) is 12.4 Å². The Kier molecular flexibility index (Phi) is 9.61. The van der Waals surface area contributed by atoms with Gasteiger partial charge in [0.15, 0.2) is 0 Å². The SMILES string of the molecule is O=C(Cc1ccccc1)N[C@@H](Cc1ccc(OCc2ccccc2)cc1)C(=O)[O-].[Na+]. The van der Waals surface area contributed by atoms with Crippen LogP contribution in [0.2, 0.25) is 0 Å². The molecule has 5 nitrogen and oxygen atoms in total. The van der Waals surface area contributed by atoms with Gasteiger partial charge in [-0.3, -0.25) is 4.79 Å². The zero-order chi connectivity index (χ0) is 20.5. The molecule has 1 atom stereocenters. The number of carbonyl (C=O) groups excluding carboxylic acids is 2. The monoisotopic (exact) mass is 411 g/mol. The average Bonchev–Trinajstić information content (AvgIpc) is 2.74. The molecule has 148 valence electrons. The Labute approximate surface area is 198 Å². The number of ether oxygens (including phenoxy) is 1. The van der Waals surface area contributed by atoms with E-state index >= 15 is 0 Å². The van der Waals surface area contributed by atoms with E-state index in [9.17, 15) is 14.7 Å². The number of aliphatic carboxylic acids is 1. The van der Waals surface area contributed by atoms with Crippen molar-refractivity contribution in [3.05, 3.63) is 102 Å². The summed E-state index contributed by atoms with van der Waals surface area (Å²) >= 11 is 0. The summed E-state index contributed by atoms with van der Waals surface area (Å²) < 4.78 is 5.73. The molecule has 6 heteroatoms. The van der Waals surface area contributed by atoms with E-state index in [0.29, 0.717) is 12.4 Å². The molecular formula is C24H22NNaO4. The third kappa shape index (κ3) is 7.67. The van der Waals surface area contributed by atoms with Gasteiger partial charge in [-0.15, -0.1) is 0 Å². The number of carbonyl (C=O) groups is 2. The van der Waals surface area contributed by atoms with Crippen molar-refractivity contribution in [2.24, 2.45) is 0 Å². The van der Waals surface area contributed by atoms with Crippen LogP contribution in [0.4, 0.5) is 0 Å². The molecule has 0 heterocycles. The molecular weight excluding hydrogens is 389 g/mol. The van der Waals surface area contributed by atoms with Crippen molar-refractivity contribution >= 4 is 11.9 Å². The van der Waals surface area contributed by atoms with Crippen molar-refractivity contribution in [1.82, 2.24) is 5.32 Å². The molecule has 1 amide bonds. The van der Waals surface area contributed by atoms with Crippen LogP contribution in [0.25, 0.3) is 0 Å². The van der Waals surface area contributed by atoms with Crippen LogP contribution in [0.15, 0.2) is 84.9 Å². The summed E-state index contributed by atoms with van der Waals surface area (Å²) in [6.45, 7) is 0.456. The largest absolute Gasteiger partial charge is 1.00 e. The Bertz CT molecular complexity index is 930. The molecule has 1 N–H and O–H groups in total. The molecule has 0 saturated carbocycles. The van der Waals surface area contributed by atoms with Gasteiger partial charge in [0.05, 0.1) is 18.4 Å². The fourth-order valence-corrected chi connectivity index (χ4v) is 2.92. The first-order valence-corrected chi connectivity index (χ1v) is 9.40. The number of nitrogens with one attached hydrogen (secondary N) is 1. The van der Waals surface area contributed by atoms with Crippen molar-refractivity contribution in [3.8, 4) is 5.75 Å². The van der Waals surface area contributed by atoms with Crippen LogP contribution in [-0.4, -0.2) is 17.9 Å². The van der Waals surface area contributed by atoms with Gasteiger partial charge in [-0.05, 0) is 35.2 Å². The number of carboxylic acids is 1. The van der Waals surface area contributed by atoms with Crippen molar-refractivity contribution in [1.29, 1.82) is 0 Å². The summed E-state index contributed by atoms with van der Waals surface area (Å²) in [5.41, 5.74) is 2.66.